The first-order valence-electron chi connectivity index (χ1n) is 6.20. The maximum absolute atomic E-state index is 5.73. The van der Waals surface area contributed by atoms with Crippen molar-refractivity contribution in [2.75, 3.05) is 20.1 Å². The Morgan fingerprint density at radius 2 is 2.24 bits per heavy atom. The van der Waals surface area contributed by atoms with Crippen LogP contribution in [0.4, 0.5) is 0 Å². The number of terminal acetylenes is 1. The number of hydrogen-bond donors (Lipinski definition) is 1. The SMILES string of the molecule is C#CCN(Cc1ccc(CNC)o1)CC1CC1. The third-order valence-electron chi connectivity index (χ3n) is 2.98. The lowest BCUT2D eigenvalue weighted by molar-refractivity contribution is 0.258. The summed E-state index contributed by atoms with van der Waals surface area (Å²) < 4.78 is 5.73. The second-order valence-corrected chi connectivity index (χ2v) is 4.72. The first kappa shape index (κ1) is 12.2. The molecule has 0 unspecified atom stereocenters. The number of nitrogens with zero attached hydrogens (tertiary/aromatic N) is 1. The van der Waals surface area contributed by atoms with Gasteiger partial charge in [0.25, 0.3) is 0 Å². The average molecular weight is 232 g/mol. The molecule has 1 aromatic heterocycles. The maximum atomic E-state index is 5.73. The van der Waals surface area contributed by atoms with E-state index in [-0.39, 0.29) is 0 Å². The standard InChI is InChI=1S/C14H20N2O/c1-3-8-16(10-12-4-5-12)11-14-7-6-13(17-14)9-15-2/h1,6-7,12,15H,4-5,8-11H2,2H3. The molecule has 1 fully saturated rings. The van der Waals surface area contributed by atoms with E-state index in [1.54, 1.807) is 0 Å². The maximum Gasteiger partial charge on any atom is 0.118 e. The van der Waals surface area contributed by atoms with E-state index >= 15 is 0 Å². The van der Waals surface area contributed by atoms with Crippen LogP contribution >= 0.6 is 0 Å². The Morgan fingerprint density at radius 1 is 1.47 bits per heavy atom. The molecule has 17 heavy (non-hydrogen) atoms. The van der Waals surface area contributed by atoms with E-state index in [1.165, 1.54) is 12.8 Å². The minimum Gasteiger partial charge on any atom is -0.463 e. The van der Waals surface area contributed by atoms with Crippen molar-refractivity contribution >= 4 is 0 Å². The summed E-state index contributed by atoms with van der Waals surface area (Å²) >= 11 is 0. The Labute approximate surface area is 103 Å². The molecule has 1 aliphatic rings. The van der Waals surface area contributed by atoms with Gasteiger partial charge in [0.2, 0.25) is 0 Å². The average Bonchev–Trinajstić information content (AvgIpc) is 3.00. The molecular weight excluding hydrogens is 212 g/mol. The number of nitrogens with one attached hydrogen (secondary N) is 1. The van der Waals surface area contributed by atoms with Gasteiger partial charge in [-0.2, -0.15) is 0 Å². The van der Waals surface area contributed by atoms with E-state index in [9.17, 15) is 0 Å². The van der Waals surface area contributed by atoms with Crippen LogP contribution in [-0.2, 0) is 13.1 Å². The van der Waals surface area contributed by atoms with Crippen LogP contribution in [0.15, 0.2) is 16.5 Å². The Bertz CT molecular complexity index is 387. The molecule has 1 saturated carbocycles. The van der Waals surface area contributed by atoms with E-state index in [4.69, 9.17) is 10.8 Å². The van der Waals surface area contributed by atoms with Crippen LogP contribution in [0.3, 0.4) is 0 Å². The molecule has 1 N–H and O–H groups in total. The van der Waals surface area contributed by atoms with Crippen molar-refractivity contribution in [3.8, 4) is 12.3 Å². The van der Waals surface area contributed by atoms with Gasteiger partial charge in [0.15, 0.2) is 0 Å². The molecule has 3 nitrogen and oxygen atoms in total. The second kappa shape index (κ2) is 5.90. The van der Waals surface area contributed by atoms with Crippen molar-refractivity contribution in [1.82, 2.24) is 10.2 Å². The fourth-order valence-electron chi connectivity index (χ4n) is 1.98. The van der Waals surface area contributed by atoms with Crippen molar-refractivity contribution in [1.29, 1.82) is 0 Å². The highest BCUT2D eigenvalue weighted by molar-refractivity contribution is 5.07. The lowest BCUT2D eigenvalue weighted by Gasteiger charge is -2.17. The van der Waals surface area contributed by atoms with Crippen LogP contribution in [0.5, 0.6) is 0 Å². The molecule has 92 valence electrons. The monoisotopic (exact) mass is 232 g/mol. The summed E-state index contributed by atoms with van der Waals surface area (Å²) in [5, 5.41) is 3.08. The topological polar surface area (TPSA) is 28.4 Å². The second-order valence-electron chi connectivity index (χ2n) is 4.72. The van der Waals surface area contributed by atoms with Crippen LogP contribution in [0, 0.1) is 18.3 Å². The van der Waals surface area contributed by atoms with E-state index < -0.39 is 0 Å². The molecule has 0 saturated heterocycles. The van der Waals surface area contributed by atoms with Crippen molar-refractivity contribution in [2.45, 2.75) is 25.9 Å². The van der Waals surface area contributed by atoms with E-state index in [2.05, 4.69) is 16.1 Å². The van der Waals surface area contributed by atoms with E-state index in [0.29, 0.717) is 6.54 Å². The molecule has 1 heterocycles. The molecule has 0 radical (unpaired) electrons. The number of rotatable bonds is 7. The highest BCUT2D eigenvalue weighted by Crippen LogP contribution is 2.30. The molecule has 0 amide bonds. The van der Waals surface area contributed by atoms with Gasteiger partial charge < -0.3 is 9.73 Å². The van der Waals surface area contributed by atoms with Gasteiger partial charge in [0, 0.05) is 6.54 Å². The molecule has 0 spiro atoms. The van der Waals surface area contributed by atoms with Gasteiger partial charge in [-0.25, -0.2) is 0 Å². The summed E-state index contributed by atoms with van der Waals surface area (Å²) in [7, 11) is 1.92. The number of hydrogen-bond acceptors (Lipinski definition) is 3. The van der Waals surface area contributed by atoms with Crippen molar-refractivity contribution in [3.63, 3.8) is 0 Å². The Morgan fingerprint density at radius 3 is 2.88 bits per heavy atom. The highest BCUT2D eigenvalue weighted by atomic mass is 16.3. The van der Waals surface area contributed by atoms with Crippen LogP contribution in [0.25, 0.3) is 0 Å². The smallest absolute Gasteiger partial charge is 0.118 e. The quantitative estimate of drug-likeness (QED) is 0.727. The summed E-state index contributed by atoms with van der Waals surface area (Å²) in [5.74, 6) is 5.57. The van der Waals surface area contributed by atoms with Crippen LogP contribution in [0.1, 0.15) is 24.4 Å². The molecule has 0 aromatic carbocycles. The minimum atomic E-state index is 0.707. The van der Waals surface area contributed by atoms with Gasteiger partial charge >= 0.3 is 0 Å². The lowest BCUT2D eigenvalue weighted by Crippen LogP contribution is -2.25. The largest absolute Gasteiger partial charge is 0.463 e. The molecule has 1 aromatic rings. The van der Waals surface area contributed by atoms with Crippen molar-refractivity contribution in [3.05, 3.63) is 23.7 Å². The summed E-state index contributed by atoms with van der Waals surface area (Å²) in [6.45, 7) is 3.41. The molecule has 0 bridgehead atoms. The fourth-order valence-corrected chi connectivity index (χ4v) is 1.98. The molecule has 0 atom stereocenters. The zero-order valence-corrected chi connectivity index (χ0v) is 10.4. The van der Waals surface area contributed by atoms with Gasteiger partial charge in [-0.1, -0.05) is 5.92 Å². The predicted octanol–water partition coefficient (Wildman–Crippen LogP) is 1.84. The third-order valence-corrected chi connectivity index (χ3v) is 2.98. The zero-order chi connectivity index (χ0) is 12.1. The van der Waals surface area contributed by atoms with Crippen LogP contribution in [0.2, 0.25) is 0 Å². The predicted molar refractivity (Wildman–Crippen MR) is 68.3 cm³/mol. The van der Waals surface area contributed by atoms with Gasteiger partial charge in [-0.15, -0.1) is 6.42 Å². The molecule has 0 aliphatic heterocycles. The lowest BCUT2D eigenvalue weighted by atomic mass is 10.3. The number of furan rings is 1. The van der Waals surface area contributed by atoms with Gasteiger partial charge in [-0.05, 0) is 37.9 Å². The van der Waals surface area contributed by atoms with E-state index in [0.717, 1.165) is 37.1 Å². The molecular formula is C14H20N2O. The Hall–Kier alpha value is -1.24. The first-order chi connectivity index (χ1) is 8.31. The zero-order valence-electron chi connectivity index (χ0n) is 10.4. The minimum absolute atomic E-state index is 0.707. The molecule has 1 aliphatic carbocycles. The van der Waals surface area contributed by atoms with E-state index in [1.807, 2.05) is 19.2 Å². The molecule has 3 heteroatoms. The Kier molecular flexibility index (Phi) is 4.24. The Balaban J connectivity index is 1.88. The summed E-state index contributed by atoms with van der Waals surface area (Å²) in [4.78, 5) is 2.29. The van der Waals surface area contributed by atoms with Gasteiger partial charge in [0.1, 0.15) is 11.5 Å². The summed E-state index contributed by atoms with van der Waals surface area (Å²) in [6, 6.07) is 4.07. The van der Waals surface area contributed by atoms with Crippen LogP contribution in [-0.4, -0.2) is 25.0 Å². The van der Waals surface area contributed by atoms with Crippen LogP contribution < -0.4 is 5.32 Å². The van der Waals surface area contributed by atoms with Gasteiger partial charge in [0.05, 0.1) is 19.6 Å². The van der Waals surface area contributed by atoms with Crippen molar-refractivity contribution < 1.29 is 4.42 Å². The normalized spacial score (nSPS) is 15.1. The third kappa shape index (κ3) is 3.92. The van der Waals surface area contributed by atoms with Crippen molar-refractivity contribution in [2.24, 2.45) is 5.92 Å². The van der Waals surface area contributed by atoms with Gasteiger partial charge in [-0.3, -0.25) is 4.90 Å². The summed E-state index contributed by atoms with van der Waals surface area (Å²) in [6.07, 6.45) is 8.10. The highest BCUT2D eigenvalue weighted by Gasteiger charge is 2.24. The fraction of sp³-hybridized carbons (Fsp3) is 0.571. The molecule has 2 rings (SSSR count). The first-order valence-corrected chi connectivity index (χ1v) is 6.20. The summed E-state index contributed by atoms with van der Waals surface area (Å²) in [5.41, 5.74) is 0.